The molecule has 2 rings (SSSR count). The van der Waals surface area contributed by atoms with Crippen LogP contribution in [0, 0.1) is 19.7 Å². The largest absolute Gasteiger partial charge is 0.272 e. The van der Waals surface area contributed by atoms with Gasteiger partial charge < -0.3 is 0 Å². The number of rotatable bonds is 1. The maximum atomic E-state index is 13.3. The van der Waals surface area contributed by atoms with Gasteiger partial charge in [0.2, 0.25) is 0 Å². The first-order valence-corrected chi connectivity index (χ1v) is 5.07. The molecule has 0 saturated carbocycles. The van der Waals surface area contributed by atoms with Crippen LogP contribution in [0.3, 0.4) is 0 Å². The van der Waals surface area contributed by atoms with Crippen LogP contribution in [0.5, 0.6) is 0 Å². The maximum Gasteiger partial charge on any atom is 0.181 e. The summed E-state index contributed by atoms with van der Waals surface area (Å²) in [6.07, 6.45) is 1.64. The van der Waals surface area contributed by atoms with Crippen LogP contribution >= 0.6 is 11.6 Å². The van der Waals surface area contributed by atoms with Gasteiger partial charge in [0.25, 0.3) is 0 Å². The number of hydrogen-bond donors (Lipinski definition) is 0. The Morgan fingerprint density at radius 3 is 2.50 bits per heavy atom. The minimum atomic E-state index is -0.577. The molecule has 4 nitrogen and oxygen atoms in total. The standard InChI is InChI=1S/C10H10ClFN4/c1-5-8(12)9(11)15-10(14-5)7-4-13-16(3)6(7)2/h4H,1-3H3. The molecule has 0 fully saturated rings. The van der Waals surface area contributed by atoms with E-state index in [2.05, 4.69) is 15.1 Å². The van der Waals surface area contributed by atoms with E-state index in [4.69, 9.17) is 11.6 Å². The van der Waals surface area contributed by atoms with Gasteiger partial charge in [-0.1, -0.05) is 11.6 Å². The van der Waals surface area contributed by atoms with E-state index in [0.29, 0.717) is 5.82 Å². The predicted octanol–water partition coefficient (Wildman–Crippen LogP) is 2.29. The molecule has 84 valence electrons. The van der Waals surface area contributed by atoms with E-state index in [9.17, 15) is 4.39 Å². The molecule has 0 amide bonds. The second kappa shape index (κ2) is 3.83. The fourth-order valence-electron chi connectivity index (χ4n) is 1.36. The summed E-state index contributed by atoms with van der Waals surface area (Å²) in [5, 5.41) is 3.91. The molecule has 16 heavy (non-hydrogen) atoms. The number of aromatic nitrogens is 4. The second-order valence-electron chi connectivity index (χ2n) is 3.50. The van der Waals surface area contributed by atoms with Gasteiger partial charge in [-0.15, -0.1) is 0 Å². The SMILES string of the molecule is Cc1nc(-c2cnn(C)c2C)nc(Cl)c1F. The summed E-state index contributed by atoms with van der Waals surface area (Å²) in [6.45, 7) is 3.44. The normalized spacial score (nSPS) is 10.8. The van der Waals surface area contributed by atoms with E-state index in [1.807, 2.05) is 14.0 Å². The Kier molecular flexibility index (Phi) is 2.63. The highest BCUT2D eigenvalue weighted by molar-refractivity contribution is 6.29. The van der Waals surface area contributed by atoms with E-state index < -0.39 is 5.82 Å². The number of nitrogens with zero attached hydrogens (tertiary/aromatic N) is 4. The van der Waals surface area contributed by atoms with Crippen LogP contribution in [0.4, 0.5) is 4.39 Å². The van der Waals surface area contributed by atoms with Crippen molar-refractivity contribution in [1.29, 1.82) is 0 Å². The molecule has 2 aromatic heterocycles. The third kappa shape index (κ3) is 1.67. The van der Waals surface area contributed by atoms with Crippen molar-refractivity contribution < 1.29 is 4.39 Å². The molecule has 2 heterocycles. The fraction of sp³-hybridized carbons (Fsp3) is 0.300. The molecule has 0 spiro atoms. The van der Waals surface area contributed by atoms with Crippen LogP contribution in [0.15, 0.2) is 6.20 Å². The zero-order chi connectivity index (χ0) is 11.9. The third-order valence-electron chi connectivity index (χ3n) is 2.45. The fourth-order valence-corrected chi connectivity index (χ4v) is 1.58. The van der Waals surface area contributed by atoms with Crippen LogP contribution in [0.1, 0.15) is 11.4 Å². The lowest BCUT2D eigenvalue weighted by molar-refractivity contribution is 0.603. The molecule has 0 saturated heterocycles. The minimum absolute atomic E-state index is 0.161. The monoisotopic (exact) mass is 240 g/mol. The van der Waals surface area contributed by atoms with Crippen LogP contribution in [-0.4, -0.2) is 19.7 Å². The zero-order valence-corrected chi connectivity index (χ0v) is 9.88. The summed E-state index contributed by atoms with van der Waals surface area (Å²) in [7, 11) is 1.82. The lowest BCUT2D eigenvalue weighted by atomic mass is 10.2. The summed E-state index contributed by atoms with van der Waals surface area (Å²) < 4.78 is 15.0. The number of aryl methyl sites for hydroxylation is 2. The van der Waals surface area contributed by atoms with E-state index >= 15 is 0 Å². The first kappa shape index (κ1) is 11.0. The van der Waals surface area contributed by atoms with Gasteiger partial charge in [-0.2, -0.15) is 5.10 Å². The first-order valence-electron chi connectivity index (χ1n) is 4.69. The minimum Gasteiger partial charge on any atom is -0.272 e. The van der Waals surface area contributed by atoms with Crippen molar-refractivity contribution in [3.8, 4) is 11.4 Å². The lowest BCUT2D eigenvalue weighted by Crippen LogP contribution is -1.99. The smallest absolute Gasteiger partial charge is 0.181 e. The molecule has 0 aliphatic carbocycles. The predicted molar refractivity (Wildman–Crippen MR) is 58.7 cm³/mol. The Bertz CT molecular complexity index is 527. The molecule has 0 unspecified atom stereocenters. The van der Waals surface area contributed by atoms with Gasteiger partial charge in [0.15, 0.2) is 16.8 Å². The summed E-state index contributed by atoms with van der Waals surface area (Å²) in [5.41, 5.74) is 1.90. The van der Waals surface area contributed by atoms with Crippen LogP contribution in [0.25, 0.3) is 11.4 Å². The highest BCUT2D eigenvalue weighted by atomic mass is 35.5. The quantitative estimate of drug-likeness (QED) is 0.719. The number of halogens is 2. The Morgan fingerprint density at radius 1 is 1.31 bits per heavy atom. The van der Waals surface area contributed by atoms with Crippen molar-refractivity contribution in [3.05, 3.63) is 28.6 Å². The van der Waals surface area contributed by atoms with Crippen molar-refractivity contribution in [2.24, 2.45) is 7.05 Å². The Balaban J connectivity index is 2.61. The molecule has 0 bridgehead atoms. The van der Waals surface area contributed by atoms with Gasteiger partial charge in [-0.05, 0) is 13.8 Å². The lowest BCUT2D eigenvalue weighted by Gasteiger charge is -2.03. The van der Waals surface area contributed by atoms with E-state index in [1.54, 1.807) is 17.8 Å². The molecule has 2 aromatic rings. The molecule has 6 heteroatoms. The van der Waals surface area contributed by atoms with Gasteiger partial charge in [-0.25, -0.2) is 14.4 Å². The van der Waals surface area contributed by atoms with E-state index in [-0.39, 0.29) is 10.8 Å². The van der Waals surface area contributed by atoms with Crippen molar-refractivity contribution in [2.45, 2.75) is 13.8 Å². The Hall–Kier alpha value is -1.49. The third-order valence-corrected chi connectivity index (χ3v) is 2.70. The molecule has 0 aromatic carbocycles. The zero-order valence-electron chi connectivity index (χ0n) is 9.12. The van der Waals surface area contributed by atoms with Crippen LogP contribution < -0.4 is 0 Å². The molecule has 0 aliphatic heterocycles. The summed E-state index contributed by atoms with van der Waals surface area (Å²) in [4.78, 5) is 7.96. The molecule has 0 radical (unpaired) electrons. The highest BCUT2D eigenvalue weighted by Gasteiger charge is 2.14. The molecular formula is C10H10ClFN4. The molecular weight excluding hydrogens is 231 g/mol. The van der Waals surface area contributed by atoms with Gasteiger partial charge in [0.05, 0.1) is 17.5 Å². The molecule has 0 aliphatic rings. The Labute approximate surface area is 97.1 Å². The van der Waals surface area contributed by atoms with Crippen LogP contribution in [0.2, 0.25) is 5.15 Å². The van der Waals surface area contributed by atoms with Crippen molar-refractivity contribution in [2.75, 3.05) is 0 Å². The van der Waals surface area contributed by atoms with Crippen molar-refractivity contribution >= 4 is 11.6 Å². The van der Waals surface area contributed by atoms with Gasteiger partial charge in [-0.3, -0.25) is 4.68 Å². The number of hydrogen-bond acceptors (Lipinski definition) is 3. The molecule has 0 atom stereocenters. The maximum absolute atomic E-state index is 13.3. The summed E-state index contributed by atoms with van der Waals surface area (Å²) >= 11 is 5.67. The van der Waals surface area contributed by atoms with Gasteiger partial charge in [0, 0.05) is 12.7 Å². The summed E-state index contributed by atoms with van der Waals surface area (Å²) in [5.74, 6) is -0.179. The van der Waals surface area contributed by atoms with E-state index in [0.717, 1.165) is 11.3 Å². The van der Waals surface area contributed by atoms with E-state index in [1.165, 1.54) is 0 Å². The van der Waals surface area contributed by atoms with Gasteiger partial charge >= 0.3 is 0 Å². The average molecular weight is 241 g/mol. The second-order valence-corrected chi connectivity index (χ2v) is 3.86. The topological polar surface area (TPSA) is 43.6 Å². The molecule has 0 N–H and O–H groups in total. The van der Waals surface area contributed by atoms with Crippen LogP contribution in [-0.2, 0) is 7.05 Å². The average Bonchev–Trinajstić information content (AvgIpc) is 2.56. The highest BCUT2D eigenvalue weighted by Crippen LogP contribution is 2.22. The van der Waals surface area contributed by atoms with Crippen molar-refractivity contribution in [1.82, 2.24) is 19.7 Å². The summed E-state index contributed by atoms with van der Waals surface area (Å²) in [6, 6.07) is 0. The Morgan fingerprint density at radius 2 is 2.00 bits per heavy atom. The van der Waals surface area contributed by atoms with Gasteiger partial charge in [0.1, 0.15) is 0 Å². The first-order chi connectivity index (χ1) is 7.50. The van der Waals surface area contributed by atoms with Crippen molar-refractivity contribution in [3.63, 3.8) is 0 Å².